The number of hydrogen-bond donors (Lipinski definition) is 2. The quantitative estimate of drug-likeness (QED) is 0.501. The van der Waals surface area contributed by atoms with Crippen molar-refractivity contribution in [1.82, 2.24) is 14.8 Å². The molecule has 38 heavy (non-hydrogen) atoms. The maximum Gasteiger partial charge on any atom is 0.228 e. The van der Waals surface area contributed by atoms with E-state index in [1.54, 1.807) is 0 Å². The average molecular weight is 537 g/mol. The number of aromatic nitrogens is 1. The predicted octanol–water partition coefficient (Wildman–Crippen LogP) is 3.50. The number of fused-ring (bicyclic) bond motifs is 1. The summed E-state index contributed by atoms with van der Waals surface area (Å²) in [6, 6.07) is 17.2. The van der Waals surface area contributed by atoms with Crippen LogP contribution in [0.4, 0.5) is 5.69 Å². The molecule has 1 aromatic heterocycles. The van der Waals surface area contributed by atoms with Gasteiger partial charge in [0.15, 0.2) is 9.84 Å². The maximum atomic E-state index is 12.8. The number of likely N-dealkylation sites (tertiary alicyclic amines) is 1. The number of nitrogens with zero attached hydrogens (tertiary/aromatic N) is 2. The minimum atomic E-state index is -2.91. The van der Waals surface area contributed by atoms with Crippen molar-refractivity contribution in [3.05, 3.63) is 54.1 Å². The number of nitrogens with one attached hydrogen (secondary N) is 2. The first kappa shape index (κ1) is 25.4. The summed E-state index contributed by atoms with van der Waals surface area (Å²) in [7, 11) is -2.91. The van der Waals surface area contributed by atoms with Crippen LogP contribution in [0.5, 0.6) is 0 Å². The number of carbonyl (C=O) groups is 1. The fourth-order valence-corrected chi connectivity index (χ4v) is 7.18. The summed E-state index contributed by atoms with van der Waals surface area (Å²) in [5.74, 6) is 0.724. The lowest BCUT2D eigenvalue weighted by molar-refractivity contribution is -0.136. The third kappa shape index (κ3) is 5.60. The van der Waals surface area contributed by atoms with Crippen LogP contribution in [0.25, 0.3) is 22.2 Å². The lowest BCUT2D eigenvalue weighted by Gasteiger charge is -2.34. The Hall–Kier alpha value is -2.88. The normalized spacial score (nSPS) is 22.6. The van der Waals surface area contributed by atoms with Crippen LogP contribution in [-0.2, 0) is 25.9 Å². The number of carbonyl (C=O) groups excluding carboxylic acids is 1. The van der Waals surface area contributed by atoms with Crippen LogP contribution in [0.15, 0.2) is 48.5 Å². The molecule has 0 saturated carbocycles. The molecule has 1 unspecified atom stereocenters. The smallest absolute Gasteiger partial charge is 0.228 e. The fourth-order valence-electron chi connectivity index (χ4n) is 5.90. The molecule has 3 saturated heterocycles. The summed E-state index contributed by atoms with van der Waals surface area (Å²) in [4.78, 5) is 20.7. The number of aromatic amines is 1. The number of anilines is 1. The van der Waals surface area contributed by atoms with Crippen molar-refractivity contribution < 1.29 is 17.9 Å². The highest BCUT2D eigenvalue weighted by Crippen LogP contribution is 2.32. The molecule has 0 aliphatic carbocycles. The SMILES string of the molecule is O=C(C1CCOC1)N1CCC(Nc2cc(CN3CCS(=O)(=O)CC3)cc3cc(-c4ccccc4)[nH]c23)CC1. The first-order chi connectivity index (χ1) is 18.4. The van der Waals surface area contributed by atoms with Gasteiger partial charge < -0.3 is 19.9 Å². The van der Waals surface area contributed by atoms with Gasteiger partial charge in [0.05, 0.1) is 35.2 Å². The Bertz CT molecular complexity index is 1380. The second-order valence-electron chi connectivity index (χ2n) is 10.9. The average Bonchev–Trinajstić information content (AvgIpc) is 3.61. The Balaban J connectivity index is 1.22. The molecule has 3 aliphatic heterocycles. The Kier molecular flexibility index (Phi) is 7.16. The summed E-state index contributed by atoms with van der Waals surface area (Å²) in [6.45, 7) is 4.64. The zero-order valence-corrected chi connectivity index (χ0v) is 22.5. The van der Waals surface area contributed by atoms with Crippen molar-refractivity contribution in [3.8, 4) is 11.3 Å². The molecule has 0 spiro atoms. The van der Waals surface area contributed by atoms with Crippen LogP contribution in [0, 0.1) is 5.92 Å². The first-order valence-electron chi connectivity index (χ1n) is 13.7. The molecule has 2 N–H and O–H groups in total. The highest BCUT2D eigenvalue weighted by atomic mass is 32.2. The number of ether oxygens (including phenoxy) is 1. The minimum absolute atomic E-state index is 0.0240. The number of benzene rings is 2. The van der Waals surface area contributed by atoms with Gasteiger partial charge in [0, 0.05) is 56.5 Å². The number of amides is 1. The van der Waals surface area contributed by atoms with E-state index < -0.39 is 9.84 Å². The van der Waals surface area contributed by atoms with Gasteiger partial charge in [0.2, 0.25) is 5.91 Å². The monoisotopic (exact) mass is 536 g/mol. The highest BCUT2D eigenvalue weighted by Gasteiger charge is 2.31. The molecule has 3 fully saturated rings. The summed E-state index contributed by atoms with van der Waals surface area (Å²) in [5.41, 5.74) is 5.53. The van der Waals surface area contributed by atoms with E-state index in [1.807, 2.05) is 23.1 Å². The van der Waals surface area contributed by atoms with Crippen molar-refractivity contribution >= 4 is 32.3 Å². The second kappa shape index (κ2) is 10.7. The molecular weight excluding hydrogens is 500 g/mol. The summed E-state index contributed by atoms with van der Waals surface area (Å²) >= 11 is 0. The van der Waals surface area contributed by atoms with E-state index in [4.69, 9.17) is 4.74 Å². The van der Waals surface area contributed by atoms with Gasteiger partial charge in [-0.1, -0.05) is 30.3 Å². The van der Waals surface area contributed by atoms with E-state index in [1.165, 1.54) is 5.56 Å². The molecule has 3 aliphatic rings. The molecule has 9 heteroatoms. The van der Waals surface area contributed by atoms with Gasteiger partial charge in [-0.25, -0.2) is 8.42 Å². The van der Waals surface area contributed by atoms with Crippen LogP contribution in [-0.4, -0.2) is 86.0 Å². The van der Waals surface area contributed by atoms with E-state index in [-0.39, 0.29) is 29.4 Å². The van der Waals surface area contributed by atoms with Crippen LogP contribution in [0.1, 0.15) is 24.8 Å². The van der Waals surface area contributed by atoms with Gasteiger partial charge in [-0.2, -0.15) is 0 Å². The predicted molar refractivity (Wildman–Crippen MR) is 150 cm³/mol. The summed E-state index contributed by atoms with van der Waals surface area (Å²) in [6.07, 6.45) is 2.64. The molecule has 8 nitrogen and oxygen atoms in total. The van der Waals surface area contributed by atoms with Crippen LogP contribution in [0.3, 0.4) is 0 Å². The lowest BCUT2D eigenvalue weighted by Crippen LogP contribution is -2.45. The largest absolute Gasteiger partial charge is 0.381 e. The van der Waals surface area contributed by atoms with Gasteiger partial charge in [0.1, 0.15) is 0 Å². The van der Waals surface area contributed by atoms with Crippen LogP contribution >= 0.6 is 0 Å². The van der Waals surface area contributed by atoms with Crippen molar-refractivity contribution in [2.75, 3.05) is 56.2 Å². The number of rotatable bonds is 6. The molecule has 1 amide bonds. The molecule has 0 bridgehead atoms. The molecule has 0 radical (unpaired) electrons. The Morgan fingerprint density at radius 1 is 1.00 bits per heavy atom. The second-order valence-corrected chi connectivity index (χ2v) is 13.2. The van der Waals surface area contributed by atoms with Gasteiger partial charge in [-0.3, -0.25) is 9.69 Å². The van der Waals surface area contributed by atoms with Gasteiger partial charge in [-0.15, -0.1) is 0 Å². The number of H-pyrrole nitrogens is 1. The van der Waals surface area contributed by atoms with Gasteiger partial charge in [0.25, 0.3) is 0 Å². The van der Waals surface area contributed by atoms with Gasteiger partial charge >= 0.3 is 0 Å². The van der Waals surface area contributed by atoms with E-state index >= 15 is 0 Å². The molecule has 1 atom stereocenters. The number of hydrogen-bond acceptors (Lipinski definition) is 6. The van der Waals surface area contributed by atoms with E-state index in [0.717, 1.165) is 66.7 Å². The van der Waals surface area contributed by atoms with Crippen molar-refractivity contribution in [3.63, 3.8) is 0 Å². The molecule has 3 aromatic rings. The minimum Gasteiger partial charge on any atom is -0.381 e. The Morgan fingerprint density at radius 2 is 1.76 bits per heavy atom. The summed E-state index contributed by atoms with van der Waals surface area (Å²) < 4.78 is 29.2. The van der Waals surface area contributed by atoms with Crippen molar-refractivity contribution in [2.24, 2.45) is 5.92 Å². The van der Waals surface area contributed by atoms with Gasteiger partial charge in [-0.05, 0) is 48.6 Å². The molecule has 2 aromatic carbocycles. The topological polar surface area (TPSA) is 94.7 Å². The zero-order chi connectivity index (χ0) is 26.1. The first-order valence-corrected chi connectivity index (χ1v) is 15.5. The van der Waals surface area contributed by atoms with E-state index in [2.05, 4.69) is 45.5 Å². The number of sulfone groups is 1. The zero-order valence-electron chi connectivity index (χ0n) is 21.7. The fraction of sp³-hybridized carbons (Fsp3) is 0.483. The summed E-state index contributed by atoms with van der Waals surface area (Å²) in [5, 5.41) is 4.94. The van der Waals surface area contributed by atoms with Crippen LogP contribution < -0.4 is 5.32 Å². The molecular formula is C29H36N4O4S. The third-order valence-electron chi connectivity index (χ3n) is 8.16. The molecule has 6 rings (SSSR count). The Morgan fingerprint density at radius 3 is 2.47 bits per heavy atom. The standard InChI is InChI=1S/C29H36N4O4S/c34-29(23-8-13-37-20-23)33-9-6-25(7-10-33)30-27-17-21(19-32-11-14-38(35,36)15-12-32)16-24-18-26(31-28(24)27)22-4-2-1-3-5-22/h1-5,16-18,23,25,30-31H,6-15,19-20H2. The van der Waals surface area contributed by atoms with Crippen molar-refractivity contribution in [2.45, 2.75) is 31.8 Å². The third-order valence-corrected chi connectivity index (χ3v) is 9.77. The number of piperidine rings is 1. The van der Waals surface area contributed by atoms with E-state index in [0.29, 0.717) is 26.3 Å². The van der Waals surface area contributed by atoms with Crippen molar-refractivity contribution in [1.29, 1.82) is 0 Å². The molecule has 4 heterocycles. The van der Waals surface area contributed by atoms with E-state index in [9.17, 15) is 13.2 Å². The van der Waals surface area contributed by atoms with Crippen LogP contribution in [0.2, 0.25) is 0 Å². The Labute approximate surface area is 224 Å². The molecule has 202 valence electrons. The lowest BCUT2D eigenvalue weighted by atomic mass is 10.0. The highest BCUT2D eigenvalue weighted by molar-refractivity contribution is 7.91. The maximum absolute atomic E-state index is 12.8.